The van der Waals surface area contributed by atoms with E-state index in [-0.39, 0.29) is 5.60 Å². The van der Waals surface area contributed by atoms with Gasteiger partial charge in [0.05, 0.1) is 6.61 Å². The lowest BCUT2D eigenvalue weighted by Gasteiger charge is -2.32. The van der Waals surface area contributed by atoms with Crippen molar-refractivity contribution in [2.45, 2.75) is 25.0 Å². The van der Waals surface area contributed by atoms with Crippen molar-refractivity contribution in [2.24, 2.45) is 0 Å². The molecule has 1 rings (SSSR count). The Morgan fingerprint density at radius 1 is 1.64 bits per heavy atom. The standard InChI is InChI=1S/C8H17NO2/c1-7(9-2)8(10-3)4-5-11-6-8/h7,9H,4-6H2,1-3H3. The maximum Gasteiger partial charge on any atom is 0.108 e. The molecular formula is C8H17NO2. The van der Waals surface area contributed by atoms with Gasteiger partial charge in [0.1, 0.15) is 5.60 Å². The van der Waals surface area contributed by atoms with Gasteiger partial charge in [0, 0.05) is 26.2 Å². The van der Waals surface area contributed by atoms with Gasteiger partial charge in [0.15, 0.2) is 0 Å². The Morgan fingerprint density at radius 2 is 2.36 bits per heavy atom. The molecule has 0 saturated carbocycles. The lowest BCUT2D eigenvalue weighted by molar-refractivity contribution is -0.0390. The smallest absolute Gasteiger partial charge is 0.108 e. The van der Waals surface area contributed by atoms with Gasteiger partial charge in [-0.3, -0.25) is 0 Å². The molecule has 0 aromatic carbocycles. The van der Waals surface area contributed by atoms with Gasteiger partial charge in [-0.15, -0.1) is 0 Å². The van der Waals surface area contributed by atoms with Crippen LogP contribution in [0.4, 0.5) is 0 Å². The van der Waals surface area contributed by atoms with Gasteiger partial charge < -0.3 is 14.8 Å². The van der Waals surface area contributed by atoms with E-state index in [1.165, 1.54) is 0 Å². The van der Waals surface area contributed by atoms with Gasteiger partial charge >= 0.3 is 0 Å². The average Bonchev–Trinajstić information content (AvgIpc) is 2.52. The number of rotatable bonds is 3. The fourth-order valence-corrected chi connectivity index (χ4v) is 1.50. The predicted octanol–water partition coefficient (Wildman–Crippen LogP) is 0.400. The Kier molecular flexibility index (Phi) is 2.87. The van der Waals surface area contributed by atoms with Crippen LogP contribution < -0.4 is 5.32 Å². The number of methoxy groups -OCH3 is 1. The summed E-state index contributed by atoms with van der Waals surface area (Å²) in [5.74, 6) is 0. The molecule has 3 nitrogen and oxygen atoms in total. The minimum absolute atomic E-state index is 0.0885. The first-order valence-electron chi connectivity index (χ1n) is 4.05. The first-order chi connectivity index (χ1) is 5.25. The first kappa shape index (κ1) is 8.97. The summed E-state index contributed by atoms with van der Waals surface area (Å²) in [5, 5.41) is 3.19. The quantitative estimate of drug-likeness (QED) is 0.646. The molecule has 66 valence electrons. The Bertz CT molecular complexity index is 121. The van der Waals surface area contributed by atoms with Gasteiger partial charge in [-0.2, -0.15) is 0 Å². The van der Waals surface area contributed by atoms with Crippen molar-refractivity contribution in [2.75, 3.05) is 27.4 Å². The summed E-state index contributed by atoms with van der Waals surface area (Å²) in [6.45, 7) is 3.66. The van der Waals surface area contributed by atoms with E-state index in [9.17, 15) is 0 Å². The molecule has 1 heterocycles. The highest BCUT2D eigenvalue weighted by molar-refractivity contribution is 4.93. The molecule has 1 aliphatic rings. The van der Waals surface area contributed by atoms with Crippen LogP contribution in [0, 0.1) is 0 Å². The molecular weight excluding hydrogens is 142 g/mol. The lowest BCUT2D eigenvalue weighted by Crippen LogP contribution is -2.49. The van der Waals surface area contributed by atoms with E-state index in [1.54, 1.807) is 7.11 Å². The van der Waals surface area contributed by atoms with Crippen molar-refractivity contribution < 1.29 is 9.47 Å². The minimum atomic E-state index is -0.0885. The Balaban J connectivity index is 2.58. The fourth-order valence-electron chi connectivity index (χ4n) is 1.50. The van der Waals surface area contributed by atoms with Crippen molar-refractivity contribution in [1.29, 1.82) is 0 Å². The summed E-state index contributed by atoms with van der Waals surface area (Å²) in [4.78, 5) is 0. The van der Waals surface area contributed by atoms with Gasteiger partial charge in [-0.25, -0.2) is 0 Å². The van der Waals surface area contributed by atoms with Crippen molar-refractivity contribution in [3.8, 4) is 0 Å². The van der Waals surface area contributed by atoms with Crippen LogP contribution in [-0.4, -0.2) is 39.0 Å². The molecule has 1 fully saturated rings. The van der Waals surface area contributed by atoms with E-state index >= 15 is 0 Å². The lowest BCUT2D eigenvalue weighted by atomic mass is 9.94. The molecule has 0 aliphatic carbocycles. The maximum atomic E-state index is 5.46. The van der Waals surface area contributed by atoms with Crippen LogP contribution in [0.2, 0.25) is 0 Å². The molecule has 2 unspecified atom stereocenters. The van der Waals surface area contributed by atoms with Crippen LogP contribution in [0.1, 0.15) is 13.3 Å². The first-order valence-corrected chi connectivity index (χ1v) is 4.05. The van der Waals surface area contributed by atoms with E-state index in [4.69, 9.17) is 9.47 Å². The van der Waals surface area contributed by atoms with Crippen LogP contribution in [0.15, 0.2) is 0 Å². The summed E-state index contributed by atoms with van der Waals surface area (Å²) in [6, 6.07) is 0.356. The Labute approximate surface area is 68.1 Å². The van der Waals surface area contributed by atoms with Crippen molar-refractivity contribution in [3.05, 3.63) is 0 Å². The van der Waals surface area contributed by atoms with Crippen LogP contribution in [0.3, 0.4) is 0 Å². The van der Waals surface area contributed by atoms with Crippen LogP contribution >= 0.6 is 0 Å². The maximum absolute atomic E-state index is 5.46. The zero-order valence-electron chi connectivity index (χ0n) is 7.52. The summed E-state index contributed by atoms with van der Waals surface area (Å²) in [5.41, 5.74) is -0.0885. The zero-order valence-corrected chi connectivity index (χ0v) is 7.52. The number of ether oxygens (including phenoxy) is 2. The zero-order chi connectivity index (χ0) is 8.32. The molecule has 0 aromatic heterocycles. The van der Waals surface area contributed by atoms with Crippen LogP contribution in [0.5, 0.6) is 0 Å². The number of likely N-dealkylation sites (N-methyl/N-ethyl adjacent to an activating group) is 1. The van der Waals surface area contributed by atoms with E-state index in [0.29, 0.717) is 12.6 Å². The second-order valence-electron chi connectivity index (χ2n) is 3.08. The molecule has 0 radical (unpaired) electrons. The summed E-state index contributed by atoms with van der Waals surface area (Å²) < 4.78 is 10.8. The summed E-state index contributed by atoms with van der Waals surface area (Å²) in [7, 11) is 3.70. The molecule has 1 aliphatic heterocycles. The highest BCUT2D eigenvalue weighted by atomic mass is 16.5. The van der Waals surface area contributed by atoms with E-state index < -0.39 is 0 Å². The molecule has 1 N–H and O–H groups in total. The third-order valence-corrected chi connectivity index (χ3v) is 2.64. The monoisotopic (exact) mass is 159 g/mol. The number of hydrogen-bond acceptors (Lipinski definition) is 3. The van der Waals surface area contributed by atoms with Crippen molar-refractivity contribution >= 4 is 0 Å². The largest absolute Gasteiger partial charge is 0.378 e. The topological polar surface area (TPSA) is 30.5 Å². The van der Waals surface area contributed by atoms with Crippen LogP contribution in [-0.2, 0) is 9.47 Å². The molecule has 0 bridgehead atoms. The normalized spacial score (nSPS) is 34.1. The van der Waals surface area contributed by atoms with E-state index in [0.717, 1.165) is 13.0 Å². The third kappa shape index (κ3) is 1.55. The molecule has 0 amide bonds. The molecule has 3 heteroatoms. The third-order valence-electron chi connectivity index (χ3n) is 2.64. The van der Waals surface area contributed by atoms with Gasteiger partial charge in [0.2, 0.25) is 0 Å². The summed E-state index contributed by atoms with van der Waals surface area (Å²) >= 11 is 0. The van der Waals surface area contributed by atoms with E-state index in [1.807, 2.05) is 7.05 Å². The van der Waals surface area contributed by atoms with Crippen molar-refractivity contribution in [3.63, 3.8) is 0 Å². The fraction of sp³-hybridized carbons (Fsp3) is 1.00. The highest BCUT2D eigenvalue weighted by Crippen LogP contribution is 2.25. The molecule has 2 atom stereocenters. The molecule has 0 spiro atoms. The highest BCUT2D eigenvalue weighted by Gasteiger charge is 2.39. The molecule has 11 heavy (non-hydrogen) atoms. The second kappa shape index (κ2) is 3.52. The Hall–Kier alpha value is -0.120. The average molecular weight is 159 g/mol. The van der Waals surface area contributed by atoms with Gasteiger partial charge in [0.25, 0.3) is 0 Å². The van der Waals surface area contributed by atoms with Crippen LogP contribution in [0.25, 0.3) is 0 Å². The number of nitrogens with one attached hydrogen (secondary N) is 1. The summed E-state index contributed by atoms with van der Waals surface area (Å²) in [6.07, 6.45) is 0.992. The van der Waals surface area contributed by atoms with Crippen molar-refractivity contribution in [1.82, 2.24) is 5.32 Å². The number of hydrogen-bond donors (Lipinski definition) is 1. The van der Waals surface area contributed by atoms with Gasteiger partial charge in [-0.05, 0) is 14.0 Å². The molecule has 0 aromatic rings. The minimum Gasteiger partial charge on any atom is -0.378 e. The van der Waals surface area contributed by atoms with E-state index in [2.05, 4.69) is 12.2 Å². The second-order valence-corrected chi connectivity index (χ2v) is 3.08. The Morgan fingerprint density at radius 3 is 2.73 bits per heavy atom. The molecule has 1 saturated heterocycles. The predicted molar refractivity (Wildman–Crippen MR) is 43.7 cm³/mol. The van der Waals surface area contributed by atoms with Gasteiger partial charge in [-0.1, -0.05) is 0 Å². The SMILES string of the molecule is CNC(C)C1(OC)CCOC1.